The quantitative estimate of drug-likeness (QED) is 0.792. The van der Waals surface area contributed by atoms with Crippen molar-refractivity contribution in [1.82, 2.24) is 15.1 Å². The molecule has 3 N–H and O–H groups in total. The number of hydrogen-bond acceptors (Lipinski definition) is 3. The van der Waals surface area contributed by atoms with E-state index in [0.29, 0.717) is 22.9 Å². The first-order chi connectivity index (χ1) is 11.0. The van der Waals surface area contributed by atoms with Gasteiger partial charge in [-0.3, -0.25) is 9.48 Å². The maximum atomic E-state index is 12.2. The zero-order valence-electron chi connectivity index (χ0n) is 13.5. The van der Waals surface area contributed by atoms with Crippen LogP contribution in [0.5, 0.6) is 0 Å². The van der Waals surface area contributed by atoms with Crippen LogP contribution in [0.15, 0.2) is 36.7 Å². The van der Waals surface area contributed by atoms with Crippen LogP contribution < -0.4 is 16.0 Å². The average Bonchev–Trinajstić information content (AvgIpc) is 2.95. The molecule has 122 valence electrons. The molecule has 2 rings (SSSR count). The summed E-state index contributed by atoms with van der Waals surface area (Å²) >= 11 is 0. The summed E-state index contributed by atoms with van der Waals surface area (Å²) in [4.78, 5) is 23.5. The lowest BCUT2D eigenvalue weighted by Crippen LogP contribution is -2.24. The van der Waals surface area contributed by atoms with Gasteiger partial charge in [-0.25, -0.2) is 4.79 Å². The summed E-state index contributed by atoms with van der Waals surface area (Å²) in [6, 6.07) is 6.62. The van der Waals surface area contributed by atoms with Crippen molar-refractivity contribution in [2.75, 3.05) is 17.7 Å². The second-order valence-electron chi connectivity index (χ2n) is 5.58. The smallest absolute Gasteiger partial charge is 0.318 e. The van der Waals surface area contributed by atoms with E-state index < -0.39 is 0 Å². The van der Waals surface area contributed by atoms with E-state index in [2.05, 4.69) is 34.9 Å². The average molecular weight is 315 g/mol. The molecule has 7 nitrogen and oxygen atoms in total. The SMILES string of the molecule is CNC(=O)Nc1cccc(NC(=O)c2cnn(CC(C)C)c2)c1. The van der Waals surface area contributed by atoms with Gasteiger partial charge in [-0.05, 0) is 24.1 Å². The molecule has 1 aromatic heterocycles. The Morgan fingerprint density at radius 2 is 1.91 bits per heavy atom. The van der Waals surface area contributed by atoms with E-state index >= 15 is 0 Å². The number of nitrogens with one attached hydrogen (secondary N) is 3. The van der Waals surface area contributed by atoms with Gasteiger partial charge in [0.2, 0.25) is 0 Å². The lowest BCUT2D eigenvalue weighted by molar-refractivity contribution is 0.102. The van der Waals surface area contributed by atoms with Crippen molar-refractivity contribution in [2.45, 2.75) is 20.4 Å². The Kier molecular flexibility index (Phi) is 5.35. The summed E-state index contributed by atoms with van der Waals surface area (Å²) in [6.07, 6.45) is 3.27. The molecule has 1 heterocycles. The molecule has 23 heavy (non-hydrogen) atoms. The van der Waals surface area contributed by atoms with Gasteiger partial charge in [-0.15, -0.1) is 0 Å². The number of rotatable bonds is 5. The van der Waals surface area contributed by atoms with Crippen molar-refractivity contribution >= 4 is 23.3 Å². The predicted molar refractivity (Wildman–Crippen MR) is 89.5 cm³/mol. The zero-order valence-corrected chi connectivity index (χ0v) is 13.5. The summed E-state index contributed by atoms with van der Waals surface area (Å²) < 4.78 is 1.75. The van der Waals surface area contributed by atoms with E-state index in [4.69, 9.17) is 0 Å². The Morgan fingerprint density at radius 1 is 1.22 bits per heavy atom. The van der Waals surface area contributed by atoms with Crippen LogP contribution in [0.3, 0.4) is 0 Å². The fourth-order valence-electron chi connectivity index (χ4n) is 2.03. The number of anilines is 2. The highest BCUT2D eigenvalue weighted by Crippen LogP contribution is 2.16. The van der Waals surface area contributed by atoms with Crippen LogP contribution in [0.2, 0.25) is 0 Å². The van der Waals surface area contributed by atoms with Gasteiger partial charge in [0.1, 0.15) is 0 Å². The van der Waals surface area contributed by atoms with Crippen molar-refractivity contribution in [3.63, 3.8) is 0 Å². The van der Waals surface area contributed by atoms with Crippen LogP contribution in [-0.2, 0) is 6.54 Å². The Balaban J connectivity index is 2.03. The van der Waals surface area contributed by atoms with Gasteiger partial charge in [0.05, 0.1) is 11.8 Å². The van der Waals surface area contributed by atoms with Gasteiger partial charge in [-0.1, -0.05) is 19.9 Å². The van der Waals surface area contributed by atoms with Gasteiger partial charge >= 0.3 is 6.03 Å². The summed E-state index contributed by atoms with van der Waals surface area (Å²) in [5, 5.41) is 12.1. The molecule has 0 saturated heterocycles. The minimum Gasteiger partial charge on any atom is -0.341 e. The third kappa shape index (κ3) is 4.84. The first kappa shape index (κ1) is 16.5. The number of benzene rings is 1. The lowest BCUT2D eigenvalue weighted by Gasteiger charge is -2.08. The molecule has 0 aliphatic heterocycles. The number of hydrogen-bond donors (Lipinski definition) is 3. The Labute approximate surface area is 135 Å². The van der Waals surface area contributed by atoms with E-state index in [1.807, 2.05) is 0 Å². The number of nitrogens with zero attached hydrogens (tertiary/aromatic N) is 2. The summed E-state index contributed by atoms with van der Waals surface area (Å²) in [6.45, 7) is 4.94. The second kappa shape index (κ2) is 7.44. The Bertz CT molecular complexity index is 693. The summed E-state index contributed by atoms with van der Waals surface area (Å²) in [5.41, 5.74) is 1.69. The molecule has 0 bridgehead atoms. The van der Waals surface area contributed by atoms with Crippen LogP contribution in [0, 0.1) is 5.92 Å². The molecule has 3 amide bonds. The molecule has 0 unspecified atom stereocenters. The van der Waals surface area contributed by atoms with Crippen LogP contribution in [-0.4, -0.2) is 28.8 Å². The van der Waals surface area contributed by atoms with Crippen molar-refractivity contribution in [3.8, 4) is 0 Å². The van der Waals surface area contributed by atoms with E-state index in [-0.39, 0.29) is 11.9 Å². The molecule has 0 fully saturated rings. The van der Waals surface area contributed by atoms with Crippen molar-refractivity contribution in [1.29, 1.82) is 0 Å². The Morgan fingerprint density at radius 3 is 2.57 bits per heavy atom. The monoisotopic (exact) mass is 315 g/mol. The maximum absolute atomic E-state index is 12.2. The number of carbonyl (C=O) groups excluding carboxylic acids is 2. The van der Waals surface area contributed by atoms with E-state index in [1.165, 1.54) is 7.05 Å². The highest BCUT2D eigenvalue weighted by molar-refractivity contribution is 6.04. The fraction of sp³-hybridized carbons (Fsp3) is 0.312. The number of urea groups is 1. The number of aromatic nitrogens is 2. The highest BCUT2D eigenvalue weighted by Gasteiger charge is 2.10. The lowest BCUT2D eigenvalue weighted by atomic mass is 10.2. The molecule has 0 saturated carbocycles. The van der Waals surface area contributed by atoms with Crippen LogP contribution in [0.1, 0.15) is 24.2 Å². The van der Waals surface area contributed by atoms with E-state index in [1.54, 1.807) is 41.3 Å². The van der Waals surface area contributed by atoms with Crippen molar-refractivity contribution in [3.05, 3.63) is 42.2 Å². The number of amides is 3. The standard InChI is InChI=1S/C16H21N5O2/c1-11(2)9-21-10-12(8-18-21)15(22)19-13-5-4-6-14(7-13)20-16(23)17-3/h4-8,10-11H,9H2,1-3H3,(H,19,22)(H2,17,20,23). The molecule has 0 radical (unpaired) electrons. The first-order valence-electron chi connectivity index (χ1n) is 7.40. The zero-order chi connectivity index (χ0) is 16.8. The molecular formula is C16H21N5O2. The molecule has 2 aromatic rings. The minimum absolute atomic E-state index is 0.239. The van der Waals surface area contributed by atoms with Gasteiger partial charge in [0.15, 0.2) is 0 Å². The molecule has 7 heteroatoms. The molecule has 0 spiro atoms. The summed E-state index contributed by atoms with van der Waals surface area (Å²) in [5.74, 6) is 0.218. The molecule has 0 aliphatic carbocycles. The van der Waals surface area contributed by atoms with E-state index in [0.717, 1.165) is 6.54 Å². The third-order valence-electron chi connectivity index (χ3n) is 3.05. The second-order valence-corrected chi connectivity index (χ2v) is 5.58. The number of carbonyl (C=O) groups is 2. The van der Waals surface area contributed by atoms with Gasteiger partial charge in [0, 0.05) is 31.2 Å². The first-order valence-corrected chi connectivity index (χ1v) is 7.40. The van der Waals surface area contributed by atoms with Gasteiger partial charge < -0.3 is 16.0 Å². The van der Waals surface area contributed by atoms with Gasteiger partial charge in [-0.2, -0.15) is 5.10 Å². The predicted octanol–water partition coefficient (Wildman–Crippen LogP) is 2.54. The maximum Gasteiger partial charge on any atom is 0.318 e. The van der Waals surface area contributed by atoms with Crippen LogP contribution in [0.25, 0.3) is 0 Å². The molecule has 0 atom stereocenters. The van der Waals surface area contributed by atoms with Gasteiger partial charge in [0.25, 0.3) is 5.91 Å². The highest BCUT2D eigenvalue weighted by atomic mass is 16.2. The minimum atomic E-state index is -0.316. The normalized spacial score (nSPS) is 10.4. The van der Waals surface area contributed by atoms with E-state index in [9.17, 15) is 9.59 Å². The summed E-state index contributed by atoms with van der Waals surface area (Å²) in [7, 11) is 1.54. The largest absolute Gasteiger partial charge is 0.341 e. The van der Waals surface area contributed by atoms with Crippen LogP contribution in [0.4, 0.5) is 16.2 Å². The molecular weight excluding hydrogens is 294 g/mol. The Hall–Kier alpha value is -2.83. The third-order valence-corrected chi connectivity index (χ3v) is 3.05. The molecule has 0 aliphatic rings. The van der Waals surface area contributed by atoms with Crippen molar-refractivity contribution in [2.24, 2.45) is 5.92 Å². The molecule has 1 aromatic carbocycles. The fourth-order valence-corrected chi connectivity index (χ4v) is 2.03. The van der Waals surface area contributed by atoms with Crippen molar-refractivity contribution < 1.29 is 9.59 Å². The van der Waals surface area contributed by atoms with Crippen LogP contribution >= 0.6 is 0 Å². The topological polar surface area (TPSA) is 88.1 Å².